The molecule has 14 heavy (non-hydrogen) atoms. The quantitative estimate of drug-likeness (QED) is 0.402. The summed E-state index contributed by atoms with van der Waals surface area (Å²) in [5.74, 6) is 0. The SMILES string of the molecule is C=CCOCC(=C)/C=C(/N)C=C.CC. The Morgan fingerprint density at radius 2 is 1.93 bits per heavy atom. The number of allylic oxidation sites excluding steroid dienone is 1. The summed E-state index contributed by atoms with van der Waals surface area (Å²) in [5.41, 5.74) is 6.91. The third kappa shape index (κ3) is 10.7. The number of ether oxygens (including phenoxy) is 1. The zero-order chi connectivity index (χ0) is 11.4. The van der Waals surface area contributed by atoms with Crippen molar-refractivity contribution in [3.8, 4) is 0 Å². The first-order valence-electron chi connectivity index (χ1n) is 4.66. The number of rotatable bonds is 6. The Hall–Kier alpha value is -1.28. The first-order valence-corrected chi connectivity index (χ1v) is 4.66. The Morgan fingerprint density at radius 3 is 2.36 bits per heavy atom. The number of hydrogen-bond donors (Lipinski definition) is 1. The van der Waals surface area contributed by atoms with Crippen molar-refractivity contribution in [1.29, 1.82) is 0 Å². The van der Waals surface area contributed by atoms with E-state index in [1.54, 1.807) is 18.2 Å². The minimum absolute atomic E-state index is 0.473. The second-order valence-electron chi connectivity index (χ2n) is 2.31. The molecule has 2 N–H and O–H groups in total. The van der Waals surface area contributed by atoms with Crippen molar-refractivity contribution in [3.05, 3.63) is 49.2 Å². The molecule has 2 heteroatoms. The summed E-state index contributed by atoms with van der Waals surface area (Å²) in [6, 6.07) is 0. The summed E-state index contributed by atoms with van der Waals surface area (Å²) in [5, 5.41) is 0. The molecule has 2 nitrogen and oxygen atoms in total. The molecule has 0 aromatic heterocycles. The molecule has 0 unspecified atom stereocenters. The summed E-state index contributed by atoms with van der Waals surface area (Å²) in [4.78, 5) is 0. The highest BCUT2D eigenvalue weighted by molar-refractivity contribution is 5.25. The van der Waals surface area contributed by atoms with Crippen LogP contribution in [0.2, 0.25) is 0 Å². The lowest BCUT2D eigenvalue weighted by molar-refractivity contribution is 0.189. The molecule has 0 heterocycles. The second-order valence-corrected chi connectivity index (χ2v) is 2.31. The third-order valence-corrected chi connectivity index (χ3v) is 1.13. The smallest absolute Gasteiger partial charge is 0.0716 e. The molecule has 0 saturated carbocycles. The molecule has 80 valence electrons. The van der Waals surface area contributed by atoms with E-state index in [1.807, 2.05) is 13.8 Å². The lowest BCUT2D eigenvalue weighted by atomic mass is 10.2. The largest absolute Gasteiger partial charge is 0.399 e. The van der Waals surface area contributed by atoms with Crippen LogP contribution in [0.3, 0.4) is 0 Å². The maximum atomic E-state index is 5.48. The Labute approximate surface area is 87.5 Å². The van der Waals surface area contributed by atoms with E-state index >= 15 is 0 Å². The van der Waals surface area contributed by atoms with E-state index in [9.17, 15) is 0 Å². The molecular formula is C12H21NO. The van der Waals surface area contributed by atoms with Gasteiger partial charge in [-0.2, -0.15) is 0 Å². The van der Waals surface area contributed by atoms with Crippen molar-refractivity contribution in [2.24, 2.45) is 5.73 Å². The first kappa shape index (κ1) is 15.2. The first-order chi connectivity index (χ1) is 6.70. The zero-order valence-corrected chi connectivity index (χ0v) is 9.25. The van der Waals surface area contributed by atoms with Crippen LogP contribution in [-0.2, 0) is 4.74 Å². The maximum absolute atomic E-state index is 5.48. The molecule has 0 spiro atoms. The minimum atomic E-state index is 0.473. The van der Waals surface area contributed by atoms with Gasteiger partial charge in [0.2, 0.25) is 0 Å². The van der Waals surface area contributed by atoms with E-state index in [2.05, 4.69) is 19.7 Å². The highest BCUT2D eigenvalue weighted by Gasteiger charge is 1.89. The summed E-state index contributed by atoms with van der Waals surface area (Å²) >= 11 is 0. The van der Waals surface area contributed by atoms with Gasteiger partial charge in [0.05, 0.1) is 13.2 Å². The molecule has 0 aromatic carbocycles. The van der Waals surface area contributed by atoms with Crippen LogP contribution < -0.4 is 5.73 Å². The fourth-order valence-corrected chi connectivity index (χ4v) is 0.610. The van der Waals surface area contributed by atoms with E-state index in [-0.39, 0.29) is 0 Å². The monoisotopic (exact) mass is 195 g/mol. The lowest BCUT2D eigenvalue weighted by Crippen LogP contribution is -1.98. The van der Waals surface area contributed by atoms with Crippen molar-refractivity contribution < 1.29 is 4.74 Å². The highest BCUT2D eigenvalue weighted by atomic mass is 16.5. The summed E-state index contributed by atoms with van der Waals surface area (Å²) in [6.45, 7) is 15.8. The van der Waals surface area contributed by atoms with Crippen LogP contribution in [0.5, 0.6) is 0 Å². The van der Waals surface area contributed by atoms with Crippen molar-refractivity contribution in [1.82, 2.24) is 0 Å². The van der Waals surface area contributed by atoms with Crippen LogP contribution >= 0.6 is 0 Å². The average Bonchev–Trinajstić information content (AvgIpc) is 2.21. The van der Waals surface area contributed by atoms with E-state index in [1.165, 1.54) is 0 Å². The van der Waals surface area contributed by atoms with Crippen molar-refractivity contribution in [2.45, 2.75) is 13.8 Å². The van der Waals surface area contributed by atoms with E-state index in [0.29, 0.717) is 18.9 Å². The Balaban J connectivity index is 0. The fourth-order valence-electron chi connectivity index (χ4n) is 0.610. The molecule has 0 aliphatic heterocycles. The van der Waals surface area contributed by atoms with Gasteiger partial charge in [-0.15, -0.1) is 6.58 Å². The predicted molar refractivity (Wildman–Crippen MR) is 64.0 cm³/mol. The molecule has 0 saturated heterocycles. The molecule has 0 aliphatic rings. The van der Waals surface area contributed by atoms with Crippen LogP contribution in [0.25, 0.3) is 0 Å². The van der Waals surface area contributed by atoms with Crippen LogP contribution in [-0.4, -0.2) is 13.2 Å². The normalized spacial score (nSPS) is 9.71. The average molecular weight is 195 g/mol. The van der Waals surface area contributed by atoms with Gasteiger partial charge in [-0.25, -0.2) is 0 Å². The molecule has 0 atom stereocenters. The van der Waals surface area contributed by atoms with Gasteiger partial charge in [0.1, 0.15) is 0 Å². The van der Waals surface area contributed by atoms with E-state index < -0.39 is 0 Å². The number of nitrogens with two attached hydrogens (primary N) is 1. The summed E-state index contributed by atoms with van der Waals surface area (Å²) in [6.07, 6.45) is 4.99. The molecule has 0 aromatic rings. The van der Waals surface area contributed by atoms with E-state index in [0.717, 1.165) is 5.57 Å². The van der Waals surface area contributed by atoms with Gasteiger partial charge in [0, 0.05) is 5.70 Å². The summed E-state index contributed by atoms with van der Waals surface area (Å²) < 4.78 is 5.14. The molecule has 0 fully saturated rings. The Kier molecular flexibility index (Phi) is 12.7. The van der Waals surface area contributed by atoms with Crippen LogP contribution in [0.1, 0.15) is 13.8 Å². The van der Waals surface area contributed by atoms with Crippen molar-refractivity contribution in [3.63, 3.8) is 0 Å². The molecule has 0 bridgehead atoms. The van der Waals surface area contributed by atoms with Gasteiger partial charge in [0.15, 0.2) is 0 Å². The lowest BCUT2D eigenvalue weighted by Gasteiger charge is -2.00. The Bertz CT molecular complexity index is 204. The third-order valence-electron chi connectivity index (χ3n) is 1.13. The molecular weight excluding hydrogens is 174 g/mol. The maximum Gasteiger partial charge on any atom is 0.0716 e. The van der Waals surface area contributed by atoms with Gasteiger partial charge < -0.3 is 10.5 Å². The molecule has 0 radical (unpaired) electrons. The molecule has 0 rings (SSSR count). The zero-order valence-electron chi connectivity index (χ0n) is 9.25. The van der Waals surface area contributed by atoms with Gasteiger partial charge in [-0.3, -0.25) is 0 Å². The predicted octanol–water partition coefficient (Wildman–Crippen LogP) is 2.80. The van der Waals surface area contributed by atoms with Gasteiger partial charge >= 0.3 is 0 Å². The summed E-state index contributed by atoms with van der Waals surface area (Å²) in [7, 11) is 0. The molecule has 0 amide bonds. The van der Waals surface area contributed by atoms with Gasteiger partial charge in [-0.1, -0.05) is 33.1 Å². The van der Waals surface area contributed by atoms with Crippen LogP contribution in [0, 0.1) is 0 Å². The topological polar surface area (TPSA) is 35.2 Å². The second kappa shape index (κ2) is 11.7. The van der Waals surface area contributed by atoms with Crippen LogP contribution in [0.15, 0.2) is 49.2 Å². The minimum Gasteiger partial charge on any atom is -0.399 e. The van der Waals surface area contributed by atoms with Crippen molar-refractivity contribution in [2.75, 3.05) is 13.2 Å². The van der Waals surface area contributed by atoms with E-state index in [4.69, 9.17) is 10.5 Å². The highest BCUT2D eigenvalue weighted by Crippen LogP contribution is 1.97. The Morgan fingerprint density at radius 1 is 1.36 bits per heavy atom. The van der Waals surface area contributed by atoms with Gasteiger partial charge in [0.25, 0.3) is 0 Å². The number of hydrogen-bond acceptors (Lipinski definition) is 2. The fraction of sp³-hybridized carbons (Fsp3) is 0.333. The van der Waals surface area contributed by atoms with Crippen LogP contribution in [0.4, 0.5) is 0 Å². The van der Waals surface area contributed by atoms with Gasteiger partial charge in [-0.05, 0) is 17.7 Å². The van der Waals surface area contributed by atoms with Crippen molar-refractivity contribution >= 4 is 0 Å². The molecule has 0 aliphatic carbocycles. The standard InChI is InChI=1S/C10H15NO.C2H6/c1-4-6-12-8-9(3)7-10(11)5-2;1-2/h4-5,7H,1-3,6,8,11H2;1-2H3/b10-7+;.